The van der Waals surface area contributed by atoms with Crippen LogP contribution in [-0.2, 0) is 9.59 Å². The van der Waals surface area contributed by atoms with Gasteiger partial charge >= 0.3 is 0 Å². The van der Waals surface area contributed by atoms with Gasteiger partial charge in [0.15, 0.2) is 6.61 Å². The van der Waals surface area contributed by atoms with Crippen molar-refractivity contribution in [2.24, 2.45) is 0 Å². The number of carbonyl (C=O) groups excluding carboxylic acids is 2. The van der Waals surface area contributed by atoms with E-state index in [1.807, 2.05) is 24.4 Å². The summed E-state index contributed by atoms with van der Waals surface area (Å²) in [4.78, 5) is 37.1. The smallest absolute Gasteiger partial charge is 0.271 e. The predicted molar refractivity (Wildman–Crippen MR) is 91.8 cm³/mol. The summed E-state index contributed by atoms with van der Waals surface area (Å²) >= 11 is 1.52. The molecule has 0 bridgehead atoms. The van der Waals surface area contributed by atoms with Crippen molar-refractivity contribution in [1.82, 2.24) is 5.32 Å². The van der Waals surface area contributed by atoms with Crippen molar-refractivity contribution in [2.75, 3.05) is 18.1 Å². The summed E-state index contributed by atoms with van der Waals surface area (Å²) in [7, 11) is 0. The molecule has 0 saturated heterocycles. The molecule has 1 atom stereocenters. The van der Waals surface area contributed by atoms with Gasteiger partial charge in [-0.25, -0.2) is 0 Å². The fourth-order valence-corrected chi connectivity index (χ4v) is 3.25. The van der Waals surface area contributed by atoms with E-state index < -0.39 is 10.8 Å². The molecule has 9 heteroatoms. The number of nitro groups is 1. The number of non-ortho nitro benzene ring substituents is 1. The van der Waals surface area contributed by atoms with Crippen LogP contribution in [0.15, 0.2) is 35.7 Å². The molecule has 2 aromatic rings. The third-order valence-corrected chi connectivity index (χ3v) is 4.80. The normalized spacial score (nSPS) is 14.4. The summed E-state index contributed by atoms with van der Waals surface area (Å²) in [5.41, 5.74) is 0.0544. The average molecular weight is 361 g/mol. The SMILES string of the molecule is CC(NC(=O)CN1C(=O)COc2ccc([N+](=O)[O-])cc21)c1cccs1. The lowest BCUT2D eigenvalue weighted by Gasteiger charge is -2.29. The van der Waals surface area contributed by atoms with Crippen molar-refractivity contribution >= 4 is 34.5 Å². The highest BCUT2D eigenvalue weighted by molar-refractivity contribution is 7.10. The molecule has 0 radical (unpaired) electrons. The maximum atomic E-state index is 12.3. The maximum absolute atomic E-state index is 12.3. The number of hydrogen-bond acceptors (Lipinski definition) is 6. The highest BCUT2D eigenvalue weighted by Gasteiger charge is 2.29. The third kappa shape index (κ3) is 3.61. The van der Waals surface area contributed by atoms with Crippen LogP contribution < -0.4 is 15.0 Å². The first kappa shape index (κ1) is 16.9. The highest BCUT2D eigenvalue weighted by atomic mass is 32.1. The van der Waals surface area contributed by atoms with Crippen molar-refractivity contribution in [1.29, 1.82) is 0 Å². The second kappa shape index (κ2) is 6.89. The Balaban J connectivity index is 1.78. The Morgan fingerprint density at radius 1 is 1.48 bits per heavy atom. The van der Waals surface area contributed by atoms with Gasteiger partial charge in [-0.05, 0) is 24.4 Å². The fourth-order valence-electron chi connectivity index (χ4n) is 2.52. The van der Waals surface area contributed by atoms with E-state index in [1.54, 1.807) is 0 Å². The number of amides is 2. The molecule has 0 spiro atoms. The molecular weight excluding hydrogens is 346 g/mol. The van der Waals surface area contributed by atoms with Crippen LogP contribution in [0.4, 0.5) is 11.4 Å². The molecule has 1 aliphatic rings. The molecule has 1 N–H and O–H groups in total. The van der Waals surface area contributed by atoms with Crippen molar-refractivity contribution < 1.29 is 19.2 Å². The van der Waals surface area contributed by atoms with Crippen molar-refractivity contribution in [3.63, 3.8) is 0 Å². The number of hydrogen-bond donors (Lipinski definition) is 1. The second-order valence-electron chi connectivity index (χ2n) is 5.48. The summed E-state index contributed by atoms with van der Waals surface area (Å²) in [6.45, 7) is 1.41. The number of benzene rings is 1. The van der Waals surface area contributed by atoms with E-state index >= 15 is 0 Å². The molecule has 1 unspecified atom stereocenters. The lowest BCUT2D eigenvalue weighted by atomic mass is 10.2. The molecule has 1 aromatic carbocycles. The number of carbonyl (C=O) groups is 2. The van der Waals surface area contributed by atoms with E-state index in [9.17, 15) is 19.7 Å². The second-order valence-corrected chi connectivity index (χ2v) is 6.46. The molecule has 0 fully saturated rings. The average Bonchev–Trinajstić information content (AvgIpc) is 3.11. The van der Waals surface area contributed by atoms with Gasteiger partial charge in [-0.3, -0.25) is 24.6 Å². The van der Waals surface area contributed by atoms with Crippen LogP contribution in [0, 0.1) is 10.1 Å². The molecule has 0 aliphatic carbocycles. The maximum Gasteiger partial charge on any atom is 0.271 e. The molecule has 8 nitrogen and oxygen atoms in total. The summed E-state index contributed by atoms with van der Waals surface area (Å²) in [5.74, 6) is -0.440. The van der Waals surface area contributed by atoms with Crippen LogP contribution in [0.5, 0.6) is 5.75 Å². The fraction of sp³-hybridized carbons (Fsp3) is 0.250. The number of anilines is 1. The van der Waals surface area contributed by atoms with Gasteiger partial charge in [0.2, 0.25) is 5.91 Å². The minimum Gasteiger partial charge on any atom is -0.482 e. The van der Waals surface area contributed by atoms with E-state index in [0.717, 1.165) is 4.88 Å². The van der Waals surface area contributed by atoms with Crippen molar-refractivity contribution in [3.05, 3.63) is 50.7 Å². The molecule has 3 rings (SSSR count). The Bertz CT molecular complexity index is 821. The van der Waals surface area contributed by atoms with Gasteiger partial charge in [0.25, 0.3) is 11.6 Å². The van der Waals surface area contributed by atoms with Crippen LogP contribution in [0.2, 0.25) is 0 Å². The summed E-state index contributed by atoms with van der Waals surface area (Å²) in [6.07, 6.45) is 0. The van der Waals surface area contributed by atoms with E-state index in [4.69, 9.17) is 4.74 Å². The van der Waals surface area contributed by atoms with Crippen molar-refractivity contribution in [3.8, 4) is 5.75 Å². The first-order valence-electron chi connectivity index (χ1n) is 7.50. The molecule has 0 saturated carbocycles. The minimum atomic E-state index is -0.559. The molecule has 25 heavy (non-hydrogen) atoms. The Morgan fingerprint density at radius 3 is 2.96 bits per heavy atom. The molecule has 2 heterocycles. The van der Waals surface area contributed by atoms with Gasteiger partial charge in [-0.15, -0.1) is 11.3 Å². The molecule has 2 amide bonds. The van der Waals surface area contributed by atoms with Gasteiger partial charge in [-0.2, -0.15) is 0 Å². The standard InChI is InChI=1S/C16H15N3O5S/c1-10(14-3-2-6-25-14)17-15(20)8-18-12-7-11(19(22)23)4-5-13(12)24-9-16(18)21/h2-7,10H,8-9H2,1H3,(H,17,20). The lowest BCUT2D eigenvalue weighted by molar-refractivity contribution is -0.384. The monoisotopic (exact) mass is 361 g/mol. The number of nitrogens with one attached hydrogen (secondary N) is 1. The number of rotatable bonds is 5. The quantitative estimate of drug-likeness (QED) is 0.650. The number of nitro benzene ring substituents is 1. The van der Waals surface area contributed by atoms with Crippen LogP contribution in [0.3, 0.4) is 0 Å². The Hall–Kier alpha value is -2.94. The van der Waals surface area contributed by atoms with E-state index in [2.05, 4.69) is 5.32 Å². The van der Waals surface area contributed by atoms with E-state index in [1.165, 1.54) is 34.4 Å². The highest BCUT2D eigenvalue weighted by Crippen LogP contribution is 2.35. The predicted octanol–water partition coefficient (Wildman–Crippen LogP) is 2.26. The topological polar surface area (TPSA) is 102 Å². The number of ether oxygens (including phenoxy) is 1. The summed E-state index contributed by atoms with van der Waals surface area (Å²) in [6, 6.07) is 7.58. The van der Waals surface area contributed by atoms with Gasteiger partial charge < -0.3 is 10.1 Å². The third-order valence-electron chi connectivity index (χ3n) is 3.75. The van der Waals surface area contributed by atoms with E-state index in [-0.39, 0.29) is 36.5 Å². The largest absolute Gasteiger partial charge is 0.482 e. The summed E-state index contributed by atoms with van der Waals surface area (Å²) < 4.78 is 5.28. The Kier molecular flexibility index (Phi) is 4.66. The zero-order chi connectivity index (χ0) is 18.0. The number of nitrogens with zero attached hydrogens (tertiary/aromatic N) is 2. The molecule has 1 aromatic heterocycles. The van der Waals surface area contributed by atoms with Gasteiger partial charge in [0.1, 0.15) is 12.3 Å². The molecular formula is C16H15N3O5S. The first-order valence-corrected chi connectivity index (χ1v) is 8.38. The Labute approximate surface area is 147 Å². The van der Waals surface area contributed by atoms with Gasteiger partial charge in [0.05, 0.1) is 16.7 Å². The van der Waals surface area contributed by atoms with Gasteiger partial charge in [0, 0.05) is 17.0 Å². The molecule has 130 valence electrons. The van der Waals surface area contributed by atoms with E-state index in [0.29, 0.717) is 5.75 Å². The summed E-state index contributed by atoms with van der Waals surface area (Å²) in [5, 5.41) is 15.7. The van der Waals surface area contributed by atoms with Gasteiger partial charge in [-0.1, -0.05) is 6.07 Å². The molecule has 1 aliphatic heterocycles. The van der Waals surface area contributed by atoms with Crippen molar-refractivity contribution in [2.45, 2.75) is 13.0 Å². The number of thiophene rings is 1. The van der Waals surface area contributed by atoms with Crippen LogP contribution in [0.1, 0.15) is 17.8 Å². The minimum absolute atomic E-state index is 0.172. The van der Waals surface area contributed by atoms with Crippen LogP contribution in [-0.4, -0.2) is 29.9 Å². The van der Waals surface area contributed by atoms with Crippen LogP contribution >= 0.6 is 11.3 Å². The Morgan fingerprint density at radius 2 is 2.28 bits per heavy atom. The first-order chi connectivity index (χ1) is 12.0. The number of fused-ring (bicyclic) bond motifs is 1. The van der Waals surface area contributed by atoms with Crippen LogP contribution in [0.25, 0.3) is 0 Å². The zero-order valence-electron chi connectivity index (χ0n) is 13.3. The lowest BCUT2D eigenvalue weighted by Crippen LogP contribution is -2.45. The zero-order valence-corrected chi connectivity index (χ0v) is 14.1.